The van der Waals surface area contributed by atoms with Gasteiger partial charge in [-0.25, -0.2) is 0 Å². The van der Waals surface area contributed by atoms with Crippen LogP contribution < -0.4 is 10.5 Å². The summed E-state index contributed by atoms with van der Waals surface area (Å²) in [4.78, 5) is 3.96. The average molecular weight is 284 g/mol. The Bertz CT molecular complexity index is 492. The van der Waals surface area contributed by atoms with Gasteiger partial charge in [-0.3, -0.25) is 4.98 Å². The summed E-state index contributed by atoms with van der Waals surface area (Å²) >= 11 is 0. The van der Waals surface area contributed by atoms with Gasteiger partial charge in [0.2, 0.25) is 0 Å². The highest BCUT2D eigenvalue weighted by atomic mass is 32.2. The molecule has 2 heterocycles. The Balaban J connectivity index is 2.01. The molecule has 0 aromatic carbocycles. The quantitative estimate of drug-likeness (QED) is 0.810. The molecular weight excluding hydrogens is 264 g/mol. The minimum absolute atomic E-state index is 0.0832. The second-order valence-corrected chi connectivity index (χ2v) is 6.39. The molecule has 1 aliphatic rings. The van der Waals surface area contributed by atoms with E-state index in [0.717, 1.165) is 24.8 Å². The minimum Gasteiger partial charge on any atom is -0.329 e. The van der Waals surface area contributed by atoms with Crippen LogP contribution in [0.25, 0.3) is 0 Å². The van der Waals surface area contributed by atoms with Crippen molar-refractivity contribution in [1.82, 2.24) is 14.0 Å². The van der Waals surface area contributed by atoms with Crippen LogP contribution >= 0.6 is 0 Å². The number of nitrogens with two attached hydrogens (primary N) is 1. The summed E-state index contributed by atoms with van der Waals surface area (Å²) in [6.07, 6.45) is 6.08. The molecule has 1 saturated heterocycles. The Morgan fingerprint density at radius 1 is 1.47 bits per heavy atom. The van der Waals surface area contributed by atoms with E-state index >= 15 is 0 Å². The van der Waals surface area contributed by atoms with E-state index in [-0.39, 0.29) is 12.6 Å². The molecule has 1 unspecified atom stereocenters. The summed E-state index contributed by atoms with van der Waals surface area (Å²) in [5.74, 6) is 0. The summed E-state index contributed by atoms with van der Waals surface area (Å²) in [7, 11) is -3.47. The molecule has 0 bridgehead atoms. The second kappa shape index (κ2) is 6.42. The SMILES string of the molecule is NCC1CCCCN1S(=O)(=O)NCc1cccnc1. The van der Waals surface area contributed by atoms with E-state index in [1.54, 1.807) is 18.5 Å². The monoisotopic (exact) mass is 284 g/mol. The Morgan fingerprint density at radius 2 is 2.32 bits per heavy atom. The van der Waals surface area contributed by atoms with Gasteiger partial charge in [0.05, 0.1) is 0 Å². The van der Waals surface area contributed by atoms with Crippen molar-refractivity contribution in [2.24, 2.45) is 5.73 Å². The number of piperidine rings is 1. The Labute approximate surface area is 114 Å². The van der Waals surface area contributed by atoms with E-state index in [2.05, 4.69) is 9.71 Å². The highest BCUT2D eigenvalue weighted by Crippen LogP contribution is 2.19. The smallest absolute Gasteiger partial charge is 0.280 e. The fourth-order valence-electron chi connectivity index (χ4n) is 2.29. The fraction of sp³-hybridized carbons (Fsp3) is 0.583. The van der Waals surface area contributed by atoms with Crippen molar-refractivity contribution < 1.29 is 8.42 Å². The maximum atomic E-state index is 12.3. The molecule has 1 fully saturated rings. The van der Waals surface area contributed by atoms with Gasteiger partial charge in [0, 0.05) is 38.1 Å². The molecule has 0 saturated carbocycles. The van der Waals surface area contributed by atoms with Gasteiger partial charge < -0.3 is 5.73 Å². The summed E-state index contributed by atoms with van der Waals surface area (Å²) in [5.41, 5.74) is 6.49. The molecule has 19 heavy (non-hydrogen) atoms. The van der Waals surface area contributed by atoms with Gasteiger partial charge in [-0.2, -0.15) is 17.4 Å². The highest BCUT2D eigenvalue weighted by molar-refractivity contribution is 7.87. The van der Waals surface area contributed by atoms with Crippen molar-refractivity contribution in [2.45, 2.75) is 31.8 Å². The third-order valence-corrected chi connectivity index (χ3v) is 4.94. The summed E-state index contributed by atoms with van der Waals surface area (Å²) in [6, 6.07) is 3.54. The molecule has 1 aromatic heterocycles. The van der Waals surface area contributed by atoms with Crippen molar-refractivity contribution >= 4 is 10.2 Å². The predicted molar refractivity (Wildman–Crippen MR) is 73.4 cm³/mol. The minimum atomic E-state index is -3.47. The third kappa shape index (κ3) is 3.73. The number of aromatic nitrogens is 1. The number of nitrogens with one attached hydrogen (secondary N) is 1. The zero-order valence-corrected chi connectivity index (χ0v) is 11.6. The van der Waals surface area contributed by atoms with E-state index in [1.807, 2.05) is 6.07 Å². The van der Waals surface area contributed by atoms with Crippen molar-refractivity contribution in [2.75, 3.05) is 13.1 Å². The van der Waals surface area contributed by atoms with Gasteiger partial charge in [-0.15, -0.1) is 0 Å². The first-order chi connectivity index (χ1) is 9.13. The normalized spacial score (nSPS) is 21.4. The standard InChI is InChI=1S/C12H20N4O2S/c13-8-12-5-1-2-7-16(12)19(17,18)15-10-11-4-3-6-14-9-11/h3-4,6,9,12,15H,1-2,5,7-8,10,13H2. The second-order valence-electron chi connectivity index (χ2n) is 4.68. The lowest BCUT2D eigenvalue weighted by atomic mass is 10.1. The Kier molecular flexibility index (Phi) is 4.87. The molecule has 0 radical (unpaired) electrons. The van der Waals surface area contributed by atoms with E-state index in [4.69, 9.17) is 5.73 Å². The molecule has 106 valence electrons. The van der Waals surface area contributed by atoms with Crippen LogP contribution in [-0.4, -0.2) is 36.8 Å². The fourth-order valence-corrected chi connectivity index (χ4v) is 3.75. The number of rotatable bonds is 5. The Morgan fingerprint density at radius 3 is 3.00 bits per heavy atom. The number of hydrogen-bond donors (Lipinski definition) is 2. The first-order valence-electron chi connectivity index (χ1n) is 6.49. The van der Waals surface area contributed by atoms with Crippen molar-refractivity contribution in [3.8, 4) is 0 Å². The molecule has 1 aromatic rings. The van der Waals surface area contributed by atoms with Crippen LogP contribution in [0.4, 0.5) is 0 Å². The Hall–Kier alpha value is -1.02. The molecule has 2 rings (SSSR count). The molecule has 0 aliphatic carbocycles. The lowest BCUT2D eigenvalue weighted by Gasteiger charge is -2.33. The first kappa shape index (κ1) is 14.4. The van der Waals surface area contributed by atoms with E-state index in [9.17, 15) is 8.42 Å². The maximum Gasteiger partial charge on any atom is 0.280 e. The lowest BCUT2D eigenvalue weighted by molar-refractivity contribution is 0.254. The molecule has 1 atom stereocenters. The number of nitrogens with zero attached hydrogens (tertiary/aromatic N) is 2. The van der Waals surface area contributed by atoms with Crippen LogP contribution in [0.2, 0.25) is 0 Å². The van der Waals surface area contributed by atoms with Crippen molar-refractivity contribution in [3.05, 3.63) is 30.1 Å². The lowest BCUT2D eigenvalue weighted by Crippen LogP contribution is -2.51. The van der Waals surface area contributed by atoms with Gasteiger partial charge in [0.1, 0.15) is 0 Å². The third-order valence-electron chi connectivity index (χ3n) is 3.34. The van der Waals surface area contributed by atoms with Gasteiger partial charge in [0.25, 0.3) is 10.2 Å². The summed E-state index contributed by atoms with van der Waals surface area (Å²) < 4.78 is 28.6. The van der Waals surface area contributed by atoms with Gasteiger partial charge in [0.15, 0.2) is 0 Å². The number of pyridine rings is 1. The largest absolute Gasteiger partial charge is 0.329 e. The van der Waals surface area contributed by atoms with Crippen LogP contribution in [0.3, 0.4) is 0 Å². The molecule has 3 N–H and O–H groups in total. The molecular formula is C12H20N4O2S. The maximum absolute atomic E-state index is 12.3. The predicted octanol–water partition coefficient (Wildman–Crippen LogP) is 0.229. The highest BCUT2D eigenvalue weighted by Gasteiger charge is 2.30. The molecule has 0 spiro atoms. The zero-order valence-electron chi connectivity index (χ0n) is 10.8. The molecule has 7 heteroatoms. The van der Waals surface area contributed by atoms with Gasteiger partial charge >= 0.3 is 0 Å². The van der Waals surface area contributed by atoms with Crippen LogP contribution in [0.5, 0.6) is 0 Å². The molecule has 1 aliphatic heterocycles. The summed E-state index contributed by atoms with van der Waals surface area (Å²) in [5, 5.41) is 0. The van der Waals surface area contributed by atoms with E-state index in [1.165, 1.54) is 4.31 Å². The van der Waals surface area contributed by atoms with Gasteiger partial charge in [-0.05, 0) is 24.5 Å². The van der Waals surface area contributed by atoms with Crippen LogP contribution in [0.1, 0.15) is 24.8 Å². The van der Waals surface area contributed by atoms with Gasteiger partial charge in [-0.1, -0.05) is 12.5 Å². The summed E-state index contributed by atoms with van der Waals surface area (Å²) in [6.45, 7) is 1.17. The van der Waals surface area contributed by atoms with Crippen molar-refractivity contribution in [1.29, 1.82) is 0 Å². The molecule has 0 amide bonds. The van der Waals surface area contributed by atoms with E-state index in [0.29, 0.717) is 13.1 Å². The van der Waals surface area contributed by atoms with Crippen LogP contribution in [0, 0.1) is 0 Å². The topological polar surface area (TPSA) is 88.3 Å². The molecule has 6 nitrogen and oxygen atoms in total. The average Bonchev–Trinajstić information content (AvgIpc) is 2.46. The zero-order chi connectivity index (χ0) is 13.7. The van der Waals surface area contributed by atoms with Crippen LogP contribution in [0.15, 0.2) is 24.5 Å². The number of hydrogen-bond acceptors (Lipinski definition) is 4. The van der Waals surface area contributed by atoms with E-state index < -0.39 is 10.2 Å². The first-order valence-corrected chi connectivity index (χ1v) is 7.93. The van der Waals surface area contributed by atoms with Crippen LogP contribution in [-0.2, 0) is 16.8 Å². The van der Waals surface area contributed by atoms with Crippen molar-refractivity contribution in [3.63, 3.8) is 0 Å².